The number of aryl methyl sites for hydroxylation is 2. The topological polar surface area (TPSA) is 49.4 Å². The second kappa shape index (κ2) is 8.54. The number of rotatable bonds is 4. The Morgan fingerprint density at radius 2 is 1.77 bits per heavy atom. The first-order chi connectivity index (χ1) is 14.5. The normalized spacial score (nSPS) is 16.0. The van der Waals surface area contributed by atoms with Crippen LogP contribution in [0.5, 0.6) is 0 Å². The molecule has 3 aromatic carbocycles. The molecule has 152 valence electrons. The molecule has 1 aliphatic heterocycles. The molecule has 30 heavy (non-hydrogen) atoms. The van der Waals surface area contributed by atoms with Crippen LogP contribution in [0, 0.1) is 13.8 Å². The molecule has 0 spiro atoms. The maximum Gasteiger partial charge on any atom is 0.257 e. The monoisotopic (exact) mass is 436 g/mol. The van der Waals surface area contributed by atoms with E-state index < -0.39 is 0 Å². The number of halogens is 1. The first-order valence-electron chi connectivity index (χ1n) is 9.61. The van der Waals surface area contributed by atoms with E-state index in [-0.39, 0.29) is 17.2 Å². The summed E-state index contributed by atoms with van der Waals surface area (Å²) in [6.45, 7) is 4.09. The Hall–Kier alpha value is -2.76. The van der Waals surface area contributed by atoms with Crippen molar-refractivity contribution in [3.63, 3.8) is 0 Å². The van der Waals surface area contributed by atoms with Crippen LogP contribution < -0.4 is 10.2 Å². The van der Waals surface area contributed by atoms with Gasteiger partial charge in [0.2, 0.25) is 5.91 Å². The van der Waals surface area contributed by atoms with E-state index in [4.69, 9.17) is 11.6 Å². The van der Waals surface area contributed by atoms with Gasteiger partial charge in [-0.15, -0.1) is 11.8 Å². The minimum absolute atomic E-state index is 0.0560. The van der Waals surface area contributed by atoms with Gasteiger partial charge in [0.05, 0.1) is 16.3 Å². The lowest BCUT2D eigenvalue weighted by Crippen LogP contribution is -2.28. The Bertz CT molecular complexity index is 1130. The van der Waals surface area contributed by atoms with Crippen LogP contribution in [0.25, 0.3) is 0 Å². The Labute approximate surface area is 185 Å². The molecule has 4 nitrogen and oxygen atoms in total. The summed E-state index contributed by atoms with van der Waals surface area (Å²) in [6, 6.07) is 20.6. The third kappa shape index (κ3) is 3.95. The van der Waals surface area contributed by atoms with Crippen molar-refractivity contribution in [2.45, 2.75) is 19.2 Å². The van der Waals surface area contributed by atoms with Crippen LogP contribution in [0.1, 0.15) is 32.4 Å². The minimum Gasteiger partial charge on any atom is -0.322 e. The van der Waals surface area contributed by atoms with Crippen LogP contribution in [-0.4, -0.2) is 17.6 Å². The van der Waals surface area contributed by atoms with E-state index in [9.17, 15) is 9.59 Å². The zero-order valence-electron chi connectivity index (χ0n) is 16.7. The number of nitrogens with zero attached hydrogens (tertiary/aromatic N) is 1. The van der Waals surface area contributed by atoms with Crippen LogP contribution in [0.3, 0.4) is 0 Å². The molecule has 1 unspecified atom stereocenters. The van der Waals surface area contributed by atoms with Gasteiger partial charge in [-0.3, -0.25) is 14.5 Å². The molecule has 6 heteroatoms. The van der Waals surface area contributed by atoms with E-state index in [1.165, 1.54) is 5.56 Å². The summed E-state index contributed by atoms with van der Waals surface area (Å²) in [4.78, 5) is 27.4. The van der Waals surface area contributed by atoms with Crippen molar-refractivity contribution in [3.8, 4) is 0 Å². The van der Waals surface area contributed by atoms with E-state index in [1.54, 1.807) is 36.0 Å². The molecule has 2 amide bonds. The summed E-state index contributed by atoms with van der Waals surface area (Å²) in [7, 11) is 0. The van der Waals surface area contributed by atoms with Crippen LogP contribution in [0.4, 0.5) is 11.4 Å². The fourth-order valence-electron chi connectivity index (χ4n) is 3.47. The fraction of sp³-hybridized carbons (Fsp3) is 0.167. The highest BCUT2D eigenvalue weighted by molar-refractivity contribution is 8.00. The van der Waals surface area contributed by atoms with Gasteiger partial charge in [-0.1, -0.05) is 48.0 Å². The van der Waals surface area contributed by atoms with Gasteiger partial charge < -0.3 is 5.32 Å². The van der Waals surface area contributed by atoms with E-state index in [0.29, 0.717) is 22.0 Å². The number of hydrogen-bond acceptors (Lipinski definition) is 3. The van der Waals surface area contributed by atoms with E-state index in [0.717, 1.165) is 16.8 Å². The number of thioether (sulfide) groups is 1. The Morgan fingerprint density at radius 1 is 1.03 bits per heavy atom. The van der Waals surface area contributed by atoms with Crippen molar-refractivity contribution in [1.82, 2.24) is 0 Å². The summed E-state index contributed by atoms with van der Waals surface area (Å²) in [6.07, 6.45) is 0. The van der Waals surface area contributed by atoms with Gasteiger partial charge in [0.25, 0.3) is 5.91 Å². The number of amides is 2. The summed E-state index contributed by atoms with van der Waals surface area (Å²) >= 11 is 7.74. The van der Waals surface area contributed by atoms with Gasteiger partial charge in [0, 0.05) is 16.9 Å². The van der Waals surface area contributed by atoms with Crippen molar-refractivity contribution in [2.24, 2.45) is 0 Å². The minimum atomic E-state index is -0.278. The number of para-hydroxylation sites is 1. The average molecular weight is 437 g/mol. The summed E-state index contributed by atoms with van der Waals surface area (Å²) in [5.41, 5.74) is 5.15. The average Bonchev–Trinajstić information content (AvgIpc) is 3.12. The molecule has 1 saturated heterocycles. The van der Waals surface area contributed by atoms with Crippen LogP contribution in [-0.2, 0) is 4.79 Å². The molecule has 3 aromatic rings. The summed E-state index contributed by atoms with van der Waals surface area (Å²) < 4.78 is 0. The first-order valence-corrected chi connectivity index (χ1v) is 11.0. The first kappa shape index (κ1) is 20.5. The second-order valence-corrected chi connectivity index (χ2v) is 8.69. The maximum absolute atomic E-state index is 12.8. The predicted molar refractivity (Wildman–Crippen MR) is 124 cm³/mol. The van der Waals surface area contributed by atoms with E-state index in [2.05, 4.69) is 12.2 Å². The molecule has 0 saturated carbocycles. The summed E-state index contributed by atoms with van der Waals surface area (Å²) in [5, 5.41) is 3.15. The summed E-state index contributed by atoms with van der Waals surface area (Å²) in [5.74, 6) is 0.172. The quantitative estimate of drug-likeness (QED) is 0.546. The van der Waals surface area contributed by atoms with Gasteiger partial charge in [0.1, 0.15) is 5.37 Å². The zero-order valence-corrected chi connectivity index (χ0v) is 18.3. The molecule has 4 rings (SSSR count). The van der Waals surface area contributed by atoms with Crippen molar-refractivity contribution in [1.29, 1.82) is 0 Å². The number of nitrogens with one attached hydrogen (secondary N) is 1. The molecule has 0 aliphatic carbocycles. The van der Waals surface area contributed by atoms with E-state index >= 15 is 0 Å². The van der Waals surface area contributed by atoms with Gasteiger partial charge in [-0.05, 0) is 55.3 Å². The standard InChI is InChI=1S/C24H21ClN2O2S/c1-15-11-12-17(13-16(15)2)27-22(28)14-30-24(27)19-8-4-6-10-21(19)26-23(29)18-7-3-5-9-20(18)25/h3-13,24H,14H2,1-2H3,(H,26,29). The van der Waals surface area contributed by atoms with Crippen molar-refractivity contribution in [2.75, 3.05) is 16.0 Å². The van der Waals surface area contributed by atoms with E-state index in [1.807, 2.05) is 54.3 Å². The lowest BCUT2D eigenvalue weighted by Gasteiger charge is -2.26. The molecule has 0 bridgehead atoms. The molecule has 1 N–H and O–H groups in total. The molecule has 1 fully saturated rings. The van der Waals surface area contributed by atoms with Gasteiger partial charge >= 0.3 is 0 Å². The van der Waals surface area contributed by atoms with Crippen molar-refractivity contribution >= 4 is 46.6 Å². The molecule has 0 aromatic heterocycles. The second-order valence-electron chi connectivity index (χ2n) is 7.22. The predicted octanol–water partition coefficient (Wildman–Crippen LogP) is 5.99. The number of benzene rings is 3. The third-order valence-electron chi connectivity index (χ3n) is 5.23. The number of carbonyl (C=O) groups is 2. The van der Waals surface area contributed by atoms with Gasteiger partial charge in [-0.2, -0.15) is 0 Å². The molecular formula is C24H21ClN2O2S. The Kier molecular flexibility index (Phi) is 5.84. The highest BCUT2D eigenvalue weighted by atomic mass is 35.5. The highest BCUT2D eigenvalue weighted by Gasteiger charge is 2.35. The fourth-order valence-corrected chi connectivity index (χ4v) is 4.90. The SMILES string of the molecule is Cc1ccc(N2C(=O)CSC2c2ccccc2NC(=O)c2ccccc2Cl)cc1C. The molecule has 0 radical (unpaired) electrons. The number of hydrogen-bond donors (Lipinski definition) is 1. The van der Waals surface area contributed by atoms with Crippen LogP contribution >= 0.6 is 23.4 Å². The highest BCUT2D eigenvalue weighted by Crippen LogP contribution is 2.44. The molecule has 1 aliphatic rings. The lowest BCUT2D eigenvalue weighted by molar-refractivity contribution is -0.115. The molecule has 1 heterocycles. The molecule has 1 atom stereocenters. The maximum atomic E-state index is 12.8. The Balaban J connectivity index is 1.68. The Morgan fingerprint density at radius 3 is 2.53 bits per heavy atom. The van der Waals surface area contributed by atoms with Gasteiger partial charge in [0.15, 0.2) is 0 Å². The van der Waals surface area contributed by atoms with Crippen LogP contribution in [0.2, 0.25) is 5.02 Å². The zero-order chi connectivity index (χ0) is 21.3. The van der Waals surface area contributed by atoms with Gasteiger partial charge in [-0.25, -0.2) is 0 Å². The largest absolute Gasteiger partial charge is 0.322 e. The molecular weight excluding hydrogens is 416 g/mol. The van der Waals surface area contributed by atoms with Crippen LogP contribution in [0.15, 0.2) is 66.7 Å². The lowest BCUT2D eigenvalue weighted by atomic mass is 10.1. The van der Waals surface area contributed by atoms with Crippen molar-refractivity contribution < 1.29 is 9.59 Å². The number of carbonyl (C=O) groups excluding carboxylic acids is 2. The third-order valence-corrected chi connectivity index (χ3v) is 6.75. The van der Waals surface area contributed by atoms with Crippen molar-refractivity contribution in [3.05, 3.63) is 94.0 Å². The smallest absolute Gasteiger partial charge is 0.257 e. The number of anilines is 2.